The number of H-pyrrole nitrogens is 1. The summed E-state index contributed by atoms with van der Waals surface area (Å²) < 4.78 is 2.21. The lowest BCUT2D eigenvalue weighted by Crippen LogP contribution is -2.16. The third-order valence-electron chi connectivity index (χ3n) is 3.30. The predicted molar refractivity (Wildman–Crippen MR) is 90.1 cm³/mol. The quantitative estimate of drug-likeness (QED) is 0.716. The highest BCUT2D eigenvalue weighted by atomic mass is 32.1. The van der Waals surface area contributed by atoms with Gasteiger partial charge < -0.3 is 10.3 Å². The molecule has 2 aromatic carbocycles. The van der Waals surface area contributed by atoms with Gasteiger partial charge in [-0.25, -0.2) is 0 Å². The summed E-state index contributed by atoms with van der Waals surface area (Å²) in [7, 11) is 0. The molecule has 0 saturated carbocycles. The molecule has 0 spiro atoms. The molecule has 0 bridgehead atoms. The van der Waals surface area contributed by atoms with Crippen LogP contribution < -0.4 is 5.32 Å². The van der Waals surface area contributed by atoms with E-state index in [-0.39, 0.29) is 5.91 Å². The van der Waals surface area contributed by atoms with Gasteiger partial charge in [0, 0.05) is 17.6 Å². The minimum Gasteiger partial charge on any atom is -0.336 e. The Kier molecular flexibility index (Phi) is 3.89. The van der Waals surface area contributed by atoms with E-state index in [9.17, 15) is 4.79 Å². The van der Waals surface area contributed by atoms with E-state index < -0.39 is 0 Å². The van der Waals surface area contributed by atoms with Crippen LogP contribution in [0.4, 0.5) is 5.69 Å². The molecule has 0 fully saturated rings. The van der Waals surface area contributed by atoms with Crippen molar-refractivity contribution in [3.8, 4) is 5.69 Å². The topological polar surface area (TPSA) is 49.8 Å². The van der Waals surface area contributed by atoms with E-state index in [2.05, 4.69) is 10.3 Å². The van der Waals surface area contributed by atoms with Crippen LogP contribution >= 0.6 is 12.2 Å². The number of rotatable bonds is 3. The maximum Gasteiger partial charge on any atom is 0.274 e. The summed E-state index contributed by atoms with van der Waals surface area (Å²) in [6, 6.07) is 17.2. The zero-order valence-electron chi connectivity index (χ0n) is 12.0. The number of nitrogens with one attached hydrogen (secondary N) is 2. The maximum atomic E-state index is 12.5. The van der Waals surface area contributed by atoms with Crippen LogP contribution in [-0.4, -0.2) is 15.5 Å². The second-order valence-corrected chi connectivity index (χ2v) is 5.36. The van der Waals surface area contributed by atoms with Crippen LogP contribution in [-0.2, 0) is 0 Å². The summed E-state index contributed by atoms with van der Waals surface area (Å²) in [5.74, 6) is -0.207. The van der Waals surface area contributed by atoms with E-state index in [1.165, 1.54) is 0 Å². The molecule has 0 aliphatic rings. The first-order valence-electron chi connectivity index (χ1n) is 6.89. The van der Waals surface area contributed by atoms with Crippen LogP contribution in [0, 0.1) is 11.7 Å². The standard InChI is InChI=1S/C17H15N3OS/c1-12-6-5-7-13(10-12)19-16(21)15-11-18-17(22)20(15)14-8-3-2-4-9-14/h2-11H,1H3,(H,18,22)(H,19,21). The van der Waals surface area contributed by atoms with E-state index in [1.807, 2.05) is 61.5 Å². The van der Waals surface area contributed by atoms with Gasteiger partial charge in [0.1, 0.15) is 5.69 Å². The van der Waals surface area contributed by atoms with Crippen molar-refractivity contribution in [1.82, 2.24) is 9.55 Å². The van der Waals surface area contributed by atoms with E-state index in [0.717, 1.165) is 16.9 Å². The van der Waals surface area contributed by atoms with Gasteiger partial charge in [0.05, 0.1) is 0 Å². The number of imidazole rings is 1. The molecule has 0 aliphatic carbocycles. The van der Waals surface area contributed by atoms with Crippen molar-refractivity contribution in [2.45, 2.75) is 6.92 Å². The van der Waals surface area contributed by atoms with Crippen molar-refractivity contribution in [1.29, 1.82) is 0 Å². The van der Waals surface area contributed by atoms with Gasteiger partial charge in [-0.2, -0.15) is 0 Å². The summed E-state index contributed by atoms with van der Waals surface area (Å²) in [5.41, 5.74) is 3.17. The molecule has 0 atom stereocenters. The van der Waals surface area contributed by atoms with Crippen LogP contribution in [0.3, 0.4) is 0 Å². The lowest BCUT2D eigenvalue weighted by atomic mass is 10.2. The SMILES string of the molecule is Cc1cccc(NC(=O)c2c[nH]c(=S)n2-c2ccccc2)c1. The molecule has 2 N–H and O–H groups in total. The van der Waals surface area contributed by atoms with Gasteiger partial charge in [-0.05, 0) is 49.0 Å². The normalized spacial score (nSPS) is 10.4. The smallest absolute Gasteiger partial charge is 0.274 e. The molecule has 110 valence electrons. The monoisotopic (exact) mass is 309 g/mol. The predicted octanol–water partition coefficient (Wildman–Crippen LogP) is 4.10. The molecule has 4 nitrogen and oxygen atoms in total. The number of aromatic nitrogens is 2. The summed E-state index contributed by atoms with van der Waals surface area (Å²) >= 11 is 5.29. The number of benzene rings is 2. The van der Waals surface area contributed by atoms with E-state index in [0.29, 0.717) is 10.5 Å². The summed E-state index contributed by atoms with van der Waals surface area (Å²) in [6.07, 6.45) is 1.63. The number of para-hydroxylation sites is 1. The highest BCUT2D eigenvalue weighted by molar-refractivity contribution is 7.71. The Morgan fingerprint density at radius 3 is 2.64 bits per heavy atom. The van der Waals surface area contributed by atoms with Crippen LogP contribution in [0.2, 0.25) is 0 Å². The lowest BCUT2D eigenvalue weighted by molar-refractivity contribution is 0.102. The minimum absolute atomic E-state index is 0.207. The Hall–Kier alpha value is -2.66. The first kappa shape index (κ1) is 14.3. The zero-order valence-corrected chi connectivity index (χ0v) is 12.9. The molecular formula is C17H15N3OS. The van der Waals surface area contributed by atoms with Gasteiger partial charge in [-0.3, -0.25) is 9.36 Å². The molecule has 0 radical (unpaired) electrons. The molecule has 3 rings (SSSR count). The number of carbonyl (C=O) groups excluding carboxylic acids is 1. The first-order chi connectivity index (χ1) is 10.6. The molecule has 0 aliphatic heterocycles. The number of aryl methyl sites for hydroxylation is 1. The third-order valence-corrected chi connectivity index (χ3v) is 3.60. The van der Waals surface area contributed by atoms with Crippen LogP contribution in [0.1, 0.15) is 16.1 Å². The Labute approximate surface area is 133 Å². The Morgan fingerprint density at radius 2 is 1.91 bits per heavy atom. The number of anilines is 1. The van der Waals surface area contributed by atoms with Crippen LogP contribution in [0.15, 0.2) is 60.8 Å². The Bertz CT molecular complexity index is 865. The number of hydrogen-bond acceptors (Lipinski definition) is 2. The maximum absolute atomic E-state index is 12.5. The zero-order chi connectivity index (χ0) is 15.5. The highest BCUT2D eigenvalue weighted by Gasteiger charge is 2.14. The van der Waals surface area contributed by atoms with Gasteiger partial charge in [0.15, 0.2) is 4.77 Å². The highest BCUT2D eigenvalue weighted by Crippen LogP contribution is 2.15. The fourth-order valence-corrected chi connectivity index (χ4v) is 2.55. The second kappa shape index (κ2) is 5.99. The average molecular weight is 309 g/mol. The Balaban J connectivity index is 1.96. The van der Waals surface area contributed by atoms with Crippen molar-refractivity contribution < 1.29 is 4.79 Å². The molecule has 0 saturated heterocycles. The molecule has 3 aromatic rings. The molecule has 22 heavy (non-hydrogen) atoms. The minimum atomic E-state index is -0.207. The summed E-state index contributed by atoms with van der Waals surface area (Å²) in [4.78, 5) is 15.5. The lowest BCUT2D eigenvalue weighted by Gasteiger charge is -2.09. The average Bonchev–Trinajstić information content (AvgIpc) is 2.90. The van der Waals surface area contributed by atoms with Crippen molar-refractivity contribution in [3.05, 3.63) is 76.8 Å². The van der Waals surface area contributed by atoms with Crippen molar-refractivity contribution in [2.24, 2.45) is 0 Å². The number of nitrogens with zero attached hydrogens (tertiary/aromatic N) is 1. The van der Waals surface area contributed by atoms with Crippen LogP contribution in [0.5, 0.6) is 0 Å². The van der Waals surface area contributed by atoms with Crippen molar-refractivity contribution in [2.75, 3.05) is 5.32 Å². The van der Waals surface area contributed by atoms with E-state index in [4.69, 9.17) is 12.2 Å². The molecule has 1 aromatic heterocycles. The fourth-order valence-electron chi connectivity index (χ4n) is 2.29. The van der Waals surface area contributed by atoms with Gasteiger partial charge in [0.2, 0.25) is 0 Å². The summed E-state index contributed by atoms with van der Waals surface area (Å²) in [5, 5.41) is 2.90. The van der Waals surface area contributed by atoms with Gasteiger partial charge >= 0.3 is 0 Å². The Morgan fingerprint density at radius 1 is 1.14 bits per heavy atom. The van der Waals surface area contributed by atoms with Gasteiger partial charge in [-0.15, -0.1) is 0 Å². The number of hydrogen-bond donors (Lipinski definition) is 2. The summed E-state index contributed by atoms with van der Waals surface area (Å²) in [6.45, 7) is 1.98. The molecule has 1 amide bonds. The first-order valence-corrected chi connectivity index (χ1v) is 7.30. The van der Waals surface area contributed by atoms with Gasteiger partial charge in [-0.1, -0.05) is 30.3 Å². The molecular weight excluding hydrogens is 294 g/mol. The number of amides is 1. The fraction of sp³-hybridized carbons (Fsp3) is 0.0588. The van der Waals surface area contributed by atoms with E-state index in [1.54, 1.807) is 10.8 Å². The van der Waals surface area contributed by atoms with Crippen LogP contribution in [0.25, 0.3) is 5.69 Å². The van der Waals surface area contributed by atoms with E-state index >= 15 is 0 Å². The largest absolute Gasteiger partial charge is 0.336 e. The second-order valence-electron chi connectivity index (χ2n) is 4.97. The number of aromatic amines is 1. The molecule has 5 heteroatoms. The van der Waals surface area contributed by atoms with Crippen molar-refractivity contribution in [3.63, 3.8) is 0 Å². The third kappa shape index (κ3) is 2.84. The molecule has 0 unspecified atom stereocenters. The molecule has 1 heterocycles. The van der Waals surface area contributed by atoms with Crippen molar-refractivity contribution >= 4 is 23.8 Å². The number of carbonyl (C=O) groups is 1. The van der Waals surface area contributed by atoms with Gasteiger partial charge in [0.25, 0.3) is 5.91 Å².